The van der Waals surface area contributed by atoms with Gasteiger partial charge in [0.2, 0.25) is 0 Å². The highest BCUT2D eigenvalue weighted by Gasteiger charge is 2.34. The zero-order valence-electron chi connectivity index (χ0n) is 10.5. The average molecular weight is 275 g/mol. The molecule has 106 valence electrons. The van der Waals surface area contributed by atoms with Gasteiger partial charge in [0.15, 0.2) is 0 Å². The van der Waals surface area contributed by atoms with Crippen LogP contribution in [0.1, 0.15) is 49.3 Å². The standard InChI is InChI=1S/C14H17F4N/c15-12-6-5-10(8-11(12)14(16,17)18)13(19)7-9-3-1-2-4-9/h5-6,8-9,13H,1-4,7,19H2. The van der Waals surface area contributed by atoms with Crippen molar-refractivity contribution in [1.82, 2.24) is 0 Å². The zero-order chi connectivity index (χ0) is 14.0. The van der Waals surface area contributed by atoms with Crippen molar-refractivity contribution in [2.75, 3.05) is 0 Å². The number of alkyl halides is 3. The maximum atomic E-state index is 13.2. The normalized spacial score (nSPS) is 18.8. The summed E-state index contributed by atoms with van der Waals surface area (Å²) < 4.78 is 51.0. The fourth-order valence-corrected chi connectivity index (χ4v) is 2.73. The lowest BCUT2D eigenvalue weighted by atomic mass is 9.93. The average Bonchev–Trinajstić information content (AvgIpc) is 2.80. The van der Waals surface area contributed by atoms with Gasteiger partial charge in [-0.3, -0.25) is 0 Å². The van der Waals surface area contributed by atoms with E-state index < -0.39 is 23.6 Å². The molecule has 19 heavy (non-hydrogen) atoms. The van der Waals surface area contributed by atoms with Crippen LogP contribution in [0.2, 0.25) is 0 Å². The van der Waals surface area contributed by atoms with Crippen LogP contribution < -0.4 is 5.73 Å². The molecule has 0 radical (unpaired) electrons. The first-order valence-corrected chi connectivity index (χ1v) is 6.50. The molecule has 1 fully saturated rings. The van der Waals surface area contributed by atoms with E-state index in [2.05, 4.69) is 0 Å². The molecule has 1 unspecified atom stereocenters. The third-order valence-electron chi connectivity index (χ3n) is 3.79. The summed E-state index contributed by atoms with van der Waals surface area (Å²) in [5.74, 6) is -0.765. The van der Waals surface area contributed by atoms with Crippen LogP contribution in [0.4, 0.5) is 17.6 Å². The highest BCUT2D eigenvalue weighted by molar-refractivity contribution is 5.29. The Morgan fingerprint density at radius 1 is 1.21 bits per heavy atom. The van der Waals surface area contributed by atoms with Crippen molar-refractivity contribution in [3.8, 4) is 0 Å². The molecule has 0 aliphatic heterocycles. The van der Waals surface area contributed by atoms with Crippen molar-refractivity contribution < 1.29 is 17.6 Å². The van der Waals surface area contributed by atoms with Crippen molar-refractivity contribution in [3.63, 3.8) is 0 Å². The number of halogens is 4. The van der Waals surface area contributed by atoms with Gasteiger partial charge in [-0.25, -0.2) is 4.39 Å². The van der Waals surface area contributed by atoms with E-state index in [9.17, 15) is 17.6 Å². The fourth-order valence-electron chi connectivity index (χ4n) is 2.73. The maximum absolute atomic E-state index is 13.2. The number of hydrogen-bond donors (Lipinski definition) is 1. The second kappa shape index (κ2) is 5.49. The van der Waals surface area contributed by atoms with Crippen LogP contribution in [0.5, 0.6) is 0 Å². The lowest BCUT2D eigenvalue weighted by molar-refractivity contribution is -0.140. The minimum Gasteiger partial charge on any atom is -0.324 e. The van der Waals surface area contributed by atoms with Crippen LogP contribution in [0.15, 0.2) is 18.2 Å². The Morgan fingerprint density at radius 3 is 2.42 bits per heavy atom. The third-order valence-corrected chi connectivity index (χ3v) is 3.79. The molecule has 1 aromatic carbocycles. The van der Waals surface area contributed by atoms with Crippen LogP contribution in [0, 0.1) is 11.7 Å². The van der Waals surface area contributed by atoms with E-state index in [1.54, 1.807) is 0 Å². The van der Waals surface area contributed by atoms with Gasteiger partial charge in [0, 0.05) is 6.04 Å². The maximum Gasteiger partial charge on any atom is 0.419 e. The highest BCUT2D eigenvalue weighted by atomic mass is 19.4. The largest absolute Gasteiger partial charge is 0.419 e. The van der Waals surface area contributed by atoms with E-state index in [0.717, 1.165) is 37.8 Å². The van der Waals surface area contributed by atoms with Gasteiger partial charge in [0.05, 0.1) is 5.56 Å². The van der Waals surface area contributed by atoms with Gasteiger partial charge < -0.3 is 5.73 Å². The molecule has 0 aromatic heterocycles. The Kier molecular flexibility index (Phi) is 4.13. The quantitative estimate of drug-likeness (QED) is 0.812. The summed E-state index contributed by atoms with van der Waals surface area (Å²) in [6, 6.07) is 2.59. The first kappa shape index (κ1) is 14.3. The summed E-state index contributed by atoms with van der Waals surface area (Å²) in [5, 5.41) is 0. The number of benzene rings is 1. The van der Waals surface area contributed by atoms with E-state index in [-0.39, 0.29) is 0 Å². The Hall–Kier alpha value is -1.10. The lowest BCUT2D eigenvalue weighted by Crippen LogP contribution is -2.16. The minimum absolute atomic E-state index is 0.362. The second-order valence-electron chi connectivity index (χ2n) is 5.23. The van der Waals surface area contributed by atoms with E-state index in [4.69, 9.17) is 5.73 Å². The molecular weight excluding hydrogens is 258 g/mol. The summed E-state index contributed by atoms with van der Waals surface area (Å²) in [6.45, 7) is 0. The summed E-state index contributed by atoms with van der Waals surface area (Å²) in [7, 11) is 0. The molecule has 1 aromatic rings. The molecule has 5 heteroatoms. The molecule has 0 spiro atoms. The molecule has 0 heterocycles. The van der Waals surface area contributed by atoms with Gasteiger partial charge in [-0.05, 0) is 30.0 Å². The first-order chi connectivity index (χ1) is 8.88. The van der Waals surface area contributed by atoms with Gasteiger partial charge >= 0.3 is 6.18 Å². The first-order valence-electron chi connectivity index (χ1n) is 6.50. The fraction of sp³-hybridized carbons (Fsp3) is 0.571. The van der Waals surface area contributed by atoms with Gasteiger partial charge in [0.25, 0.3) is 0 Å². The van der Waals surface area contributed by atoms with Crippen molar-refractivity contribution in [2.45, 2.75) is 44.3 Å². The topological polar surface area (TPSA) is 26.0 Å². The third kappa shape index (κ3) is 3.47. The van der Waals surface area contributed by atoms with Crippen LogP contribution in [-0.4, -0.2) is 0 Å². The predicted molar refractivity (Wildman–Crippen MR) is 64.9 cm³/mol. The van der Waals surface area contributed by atoms with Crippen LogP contribution >= 0.6 is 0 Å². The van der Waals surface area contributed by atoms with Gasteiger partial charge in [-0.1, -0.05) is 31.7 Å². The van der Waals surface area contributed by atoms with Crippen molar-refractivity contribution in [1.29, 1.82) is 0 Å². The molecule has 1 aliphatic rings. The molecule has 1 atom stereocenters. The Balaban J connectivity index is 2.15. The second-order valence-corrected chi connectivity index (χ2v) is 5.23. The van der Waals surface area contributed by atoms with Crippen molar-refractivity contribution in [2.24, 2.45) is 11.7 Å². The lowest BCUT2D eigenvalue weighted by Gasteiger charge is -2.18. The van der Waals surface area contributed by atoms with E-state index in [1.807, 2.05) is 0 Å². The van der Waals surface area contributed by atoms with Gasteiger partial charge in [0.1, 0.15) is 5.82 Å². The molecule has 2 N–H and O–H groups in total. The van der Waals surface area contributed by atoms with Gasteiger partial charge in [-0.2, -0.15) is 13.2 Å². The summed E-state index contributed by atoms with van der Waals surface area (Å²) in [4.78, 5) is 0. The SMILES string of the molecule is NC(CC1CCCC1)c1ccc(F)c(C(F)(F)F)c1. The highest BCUT2D eigenvalue weighted by Crippen LogP contribution is 2.35. The van der Waals surface area contributed by atoms with Gasteiger partial charge in [-0.15, -0.1) is 0 Å². The van der Waals surface area contributed by atoms with Crippen molar-refractivity contribution in [3.05, 3.63) is 35.1 Å². The van der Waals surface area contributed by atoms with E-state index in [1.165, 1.54) is 6.07 Å². The summed E-state index contributed by atoms with van der Waals surface area (Å²) in [5.41, 5.74) is 5.08. The predicted octanol–water partition coefficient (Wildman–Crippen LogP) is 4.42. The smallest absolute Gasteiger partial charge is 0.324 e. The molecule has 2 rings (SSSR count). The summed E-state index contributed by atoms with van der Waals surface area (Å²) in [6.07, 6.45) is 0.487. The molecule has 1 saturated carbocycles. The van der Waals surface area contributed by atoms with E-state index in [0.29, 0.717) is 17.9 Å². The molecule has 0 saturated heterocycles. The Bertz CT molecular complexity index is 436. The number of nitrogens with two attached hydrogens (primary N) is 1. The number of hydrogen-bond acceptors (Lipinski definition) is 1. The minimum atomic E-state index is -4.67. The Morgan fingerprint density at radius 2 is 1.84 bits per heavy atom. The van der Waals surface area contributed by atoms with E-state index >= 15 is 0 Å². The van der Waals surface area contributed by atoms with Crippen LogP contribution in [0.3, 0.4) is 0 Å². The molecular formula is C14H17F4N. The van der Waals surface area contributed by atoms with Crippen LogP contribution in [0.25, 0.3) is 0 Å². The number of rotatable bonds is 3. The van der Waals surface area contributed by atoms with Crippen LogP contribution in [-0.2, 0) is 6.18 Å². The zero-order valence-corrected chi connectivity index (χ0v) is 10.5. The molecule has 0 amide bonds. The monoisotopic (exact) mass is 275 g/mol. The molecule has 0 bridgehead atoms. The molecule has 1 aliphatic carbocycles. The Labute approximate surface area is 109 Å². The summed E-state index contributed by atoms with van der Waals surface area (Å²) >= 11 is 0. The molecule has 1 nitrogen and oxygen atoms in total. The van der Waals surface area contributed by atoms with Crippen molar-refractivity contribution >= 4 is 0 Å².